The predicted molar refractivity (Wildman–Crippen MR) is 75.2 cm³/mol. The van der Waals surface area contributed by atoms with Gasteiger partial charge in [-0.2, -0.15) is 4.98 Å². The van der Waals surface area contributed by atoms with E-state index in [4.69, 9.17) is 16.3 Å². The average Bonchev–Trinajstić information content (AvgIpc) is 2.38. The Balaban J connectivity index is 1.86. The SMILES string of the molecule is Cc1nc(Cl)cc(Oc2ccc3c(c2)CCC(=O)N3)n1. The second kappa shape index (κ2) is 5.09. The zero-order valence-corrected chi connectivity index (χ0v) is 11.6. The van der Waals surface area contributed by atoms with E-state index in [1.54, 1.807) is 19.1 Å². The number of fused-ring (bicyclic) bond motifs is 1. The summed E-state index contributed by atoms with van der Waals surface area (Å²) in [5.41, 5.74) is 1.89. The first-order chi connectivity index (χ1) is 9.60. The van der Waals surface area contributed by atoms with Crippen molar-refractivity contribution in [3.05, 3.63) is 40.8 Å². The first-order valence-corrected chi connectivity index (χ1v) is 6.60. The molecule has 1 N–H and O–H groups in total. The highest BCUT2D eigenvalue weighted by molar-refractivity contribution is 6.29. The van der Waals surface area contributed by atoms with Crippen LogP contribution in [0.1, 0.15) is 17.8 Å². The maximum atomic E-state index is 11.3. The van der Waals surface area contributed by atoms with Crippen molar-refractivity contribution >= 4 is 23.2 Å². The van der Waals surface area contributed by atoms with Crippen molar-refractivity contribution in [3.8, 4) is 11.6 Å². The minimum Gasteiger partial charge on any atom is -0.439 e. The molecule has 0 atom stereocenters. The van der Waals surface area contributed by atoms with Crippen LogP contribution < -0.4 is 10.1 Å². The van der Waals surface area contributed by atoms with Gasteiger partial charge in [-0.3, -0.25) is 4.79 Å². The summed E-state index contributed by atoms with van der Waals surface area (Å²) in [6.45, 7) is 1.75. The predicted octanol–water partition coefficient (Wildman–Crippen LogP) is 3.12. The van der Waals surface area contributed by atoms with E-state index in [0.717, 1.165) is 11.3 Å². The van der Waals surface area contributed by atoms with Gasteiger partial charge < -0.3 is 10.1 Å². The number of carbonyl (C=O) groups is 1. The lowest BCUT2D eigenvalue weighted by Gasteiger charge is -2.17. The molecule has 0 aliphatic carbocycles. The lowest BCUT2D eigenvalue weighted by atomic mass is 10.0. The smallest absolute Gasteiger partial charge is 0.224 e. The molecule has 0 bridgehead atoms. The van der Waals surface area contributed by atoms with Crippen LogP contribution in [0.25, 0.3) is 0 Å². The minimum atomic E-state index is 0.0457. The molecule has 1 aromatic carbocycles. The topological polar surface area (TPSA) is 64.1 Å². The van der Waals surface area contributed by atoms with E-state index in [9.17, 15) is 4.79 Å². The van der Waals surface area contributed by atoms with Crippen molar-refractivity contribution in [3.63, 3.8) is 0 Å². The molecule has 2 heterocycles. The van der Waals surface area contributed by atoms with Gasteiger partial charge in [-0.25, -0.2) is 4.98 Å². The molecule has 1 aliphatic heterocycles. The van der Waals surface area contributed by atoms with E-state index in [0.29, 0.717) is 35.4 Å². The van der Waals surface area contributed by atoms with Gasteiger partial charge >= 0.3 is 0 Å². The highest BCUT2D eigenvalue weighted by atomic mass is 35.5. The molecule has 20 heavy (non-hydrogen) atoms. The highest BCUT2D eigenvalue weighted by Crippen LogP contribution is 2.29. The van der Waals surface area contributed by atoms with Gasteiger partial charge in [0.05, 0.1) is 0 Å². The normalized spacial score (nSPS) is 13.6. The fraction of sp³-hybridized carbons (Fsp3) is 0.214. The average molecular weight is 290 g/mol. The summed E-state index contributed by atoms with van der Waals surface area (Å²) in [6.07, 6.45) is 1.21. The first-order valence-electron chi connectivity index (χ1n) is 6.22. The van der Waals surface area contributed by atoms with Crippen molar-refractivity contribution < 1.29 is 9.53 Å². The fourth-order valence-corrected chi connectivity index (χ4v) is 2.32. The number of amides is 1. The Morgan fingerprint density at radius 3 is 2.90 bits per heavy atom. The van der Waals surface area contributed by atoms with Gasteiger partial charge in [0.25, 0.3) is 0 Å². The largest absolute Gasteiger partial charge is 0.439 e. The second-order valence-electron chi connectivity index (χ2n) is 4.55. The van der Waals surface area contributed by atoms with Crippen molar-refractivity contribution in [2.45, 2.75) is 19.8 Å². The van der Waals surface area contributed by atoms with E-state index >= 15 is 0 Å². The highest BCUT2D eigenvalue weighted by Gasteiger charge is 2.15. The summed E-state index contributed by atoms with van der Waals surface area (Å²) in [5.74, 6) is 1.67. The van der Waals surface area contributed by atoms with Crippen molar-refractivity contribution in [2.24, 2.45) is 0 Å². The number of hydrogen-bond donors (Lipinski definition) is 1. The van der Waals surface area contributed by atoms with Crippen molar-refractivity contribution in [2.75, 3.05) is 5.32 Å². The van der Waals surface area contributed by atoms with Crippen molar-refractivity contribution in [1.82, 2.24) is 9.97 Å². The molecule has 0 unspecified atom stereocenters. The standard InChI is InChI=1S/C14H12ClN3O2/c1-8-16-12(15)7-14(17-8)20-10-3-4-11-9(6-10)2-5-13(19)18-11/h3-4,6-7H,2,5H2,1H3,(H,18,19). The molecular formula is C14H12ClN3O2. The zero-order valence-electron chi connectivity index (χ0n) is 10.8. The lowest BCUT2D eigenvalue weighted by molar-refractivity contribution is -0.116. The molecule has 2 aromatic rings. The Morgan fingerprint density at radius 1 is 1.25 bits per heavy atom. The Morgan fingerprint density at radius 2 is 2.10 bits per heavy atom. The number of carbonyl (C=O) groups excluding carboxylic acids is 1. The second-order valence-corrected chi connectivity index (χ2v) is 4.93. The van der Waals surface area contributed by atoms with E-state index in [2.05, 4.69) is 15.3 Å². The Kier molecular flexibility index (Phi) is 3.28. The number of nitrogens with one attached hydrogen (secondary N) is 1. The fourth-order valence-electron chi connectivity index (χ4n) is 2.10. The number of benzene rings is 1. The molecular weight excluding hydrogens is 278 g/mol. The summed E-state index contributed by atoms with van der Waals surface area (Å²) in [5, 5.41) is 3.17. The summed E-state index contributed by atoms with van der Waals surface area (Å²) in [4.78, 5) is 19.4. The zero-order chi connectivity index (χ0) is 14.1. The maximum absolute atomic E-state index is 11.3. The summed E-state index contributed by atoms with van der Waals surface area (Å²) < 4.78 is 5.68. The van der Waals surface area contributed by atoms with Gasteiger partial charge in [-0.1, -0.05) is 11.6 Å². The van der Waals surface area contributed by atoms with Crippen LogP contribution in [0.3, 0.4) is 0 Å². The van der Waals surface area contributed by atoms with Crippen LogP contribution in [-0.2, 0) is 11.2 Å². The third kappa shape index (κ3) is 2.72. The third-order valence-electron chi connectivity index (χ3n) is 2.98. The summed E-state index contributed by atoms with van der Waals surface area (Å²) in [7, 11) is 0. The van der Waals surface area contributed by atoms with Crippen LogP contribution in [-0.4, -0.2) is 15.9 Å². The molecule has 0 fully saturated rings. The van der Waals surface area contributed by atoms with E-state index in [-0.39, 0.29) is 5.91 Å². The number of aryl methyl sites for hydroxylation is 2. The number of ether oxygens (including phenoxy) is 1. The molecule has 1 amide bonds. The molecule has 0 saturated heterocycles. The van der Waals surface area contributed by atoms with Crippen LogP contribution in [0.5, 0.6) is 11.6 Å². The Bertz CT molecular complexity index is 668. The summed E-state index contributed by atoms with van der Waals surface area (Å²) in [6, 6.07) is 7.09. The number of anilines is 1. The molecule has 5 nitrogen and oxygen atoms in total. The summed E-state index contributed by atoms with van der Waals surface area (Å²) >= 11 is 5.87. The molecule has 0 spiro atoms. The van der Waals surface area contributed by atoms with E-state index in [1.165, 1.54) is 0 Å². The molecule has 0 radical (unpaired) electrons. The Hall–Kier alpha value is -2.14. The van der Waals surface area contributed by atoms with E-state index < -0.39 is 0 Å². The van der Waals surface area contributed by atoms with Crippen molar-refractivity contribution in [1.29, 1.82) is 0 Å². The minimum absolute atomic E-state index is 0.0457. The van der Waals surface area contributed by atoms with E-state index in [1.807, 2.05) is 12.1 Å². The number of aromatic nitrogens is 2. The first kappa shape index (κ1) is 12.9. The van der Waals surface area contributed by atoms with Gasteiger partial charge in [0, 0.05) is 18.2 Å². The van der Waals surface area contributed by atoms with Gasteiger partial charge in [-0.15, -0.1) is 0 Å². The van der Waals surface area contributed by atoms with Gasteiger partial charge in [-0.05, 0) is 37.1 Å². The van der Waals surface area contributed by atoms with Gasteiger partial charge in [0.2, 0.25) is 11.8 Å². The molecule has 6 heteroatoms. The third-order valence-corrected chi connectivity index (χ3v) is 3.17. The lowest BCUT2D eigenvalue weighted by Crippen LogP contribution is -2.18. The monoisotopic (exact) mass is 289 g/mol. The Labute approximate surface area is 121 Å². The molecule has 0 saturated carbocycles. The number of rotatable bonds is 2. The quantitative estimate of drug-likeness (QED) is 0.863. The number of nitrogens with zero attached hydrogens (tertiary/aromatic N) is 2. The number of halogens is 1. The van der Waals surface area contributed by atoms with Gasteiger partial charge in [0.1, 0.15) is 16.7 Å². The molecule has 1 aliphatic rings. The van der Waals surface area contributed by atoms with Crippen LogP contribution in [0, 0.1) is 6.92 Å². The van der Waals surface area contributed by atoms with Crippen LogP contribution in [0.4, 0.5) is 5.69 Å². The molecule has 1 aromatic heterocycles. The van der Waals surface area contributed by atoms with Crippen LogP contribution >= 0.6 is 11.6 Å². The molecule has 102 valence electrons. The van der Waals surface area contributed by atoms with Gasteiger partial charge in [0.15, 0.2) is 0 Å². The maximum Gasteiger partial charge on any atom is 0.224 e. The molecule has 3 rings (SSSR count). The number of hydrogen-bond acceptors (Lipinski definition) is 4. The van der Waals surface area contributed by atoms with Crippen LogP contribution in [0.15, 0.2) is 24.3 Å². The van der Waals surface area contributed by atoms with Crippen LogP contribution in [0.2, 0.25) is 5.15 Å².